The van der Waals surface area contributed by atoms with Crippen LogP contribution < -0.4 is 11.1 Å². The first-order valence-electron chi connectivity index (χ1n) is 5.08. The van der Waals surface area contributed by atoms with Gasteiger partial charge in [0.15, 0.2) is 0 Å². The van der Waals surface area contributed by atoms with Crippen LogP contribution in [-0.4, -0.2) is 35.8 Å². The number of likely N-dealkylation sites (tertiary alicyclic amines) is 1. The Morgan fingerprint density at radius 1 is 1.57 bits per heavy atom. The molecule has 2 aliphatic heterocycles. The third-order valence-corrected chi connectivity index (χ3v) is 4.63. The number of rotatable bonds is 4. The molecule has 1 saturated heterocycles. The summed E-state index contributed by atoms with van der Waals surface area (Å²) in [7, 11) is 0. The van der Waals surface area contributed by atoms with Gasteiger partial charge in [0.25, 0.3) is 0 Å². The average molecular weight is 231 g/mol. The van der Waals surface area contributed by atoms with Gasteiger partial charge in [-0.3, -0.25) is 0 Å². The summed E-state index contributed by atoms with van der Waals surface area (Å²) in [5.41, 5.74) is 5.77. The van der Waals surface area contributed by atoms with E-state index in [1.165, 1.54) is 42.5 Å². The van der Waals surface area contributed by atoms with Crippen LogP contribution >= 0.6 is 23.5 Å². The van der Waals surface area contributed by atoms with Crippen molar-refractivity contribution in [3.05, 3.63) is 10.4 Å². The lowest BCUT2D eigenvalue weighted by atomic mass is 10.4. The zero-order chi connectivity index (χ0) is 9.80. The van der Waals surface area contributed by atoms with Gasteiger partial charge in [-0.1, -0.05) is 11.8 Å². The number of thioether (sulfide) groups is 2. The molecule has 5 heteroatoms. The Balaban J connectivity index is 1.58. The smallest absolute Gasteiger partial charge is 0.127 e. The van der Waals surface area contributed by atoms with Crippen LogP contribution in [0.5, 0.6) is 0 Å². The van der Waals surface area contributed by atoms with Crippen LogP contribution in [0, 0.1) is 0 Å². The monoisotopic (exact) mass is 231 g/mol. The highest BCUT2D eigenvalue weighted by molar-refractivity contribution is 8.22. The Bertz CT molecular complexity index is 214. The standard InChI is InChI=1S/C9H17N3S2/c10-9-11-7-8(14-9)13-6-5-12-3-1-2-4-12/h7,9,11H,1-6,10H2. The summed E-state index contributed by atoms with van der Waals surface area (Å²) in [5.74, 6) is 1.19. The fourth-order valence-corrected chi connectivity index (χ4v) is 3.76. The maximum atomic E-state index is 5.70. The Labute approximate surface area is 93.9 Å². The SMILES string of the molecule is NC1NC=C(SCCN2CCCC2)S1. The second-order valence-corrected chi connectivity index (χ2v) is 6.14. The molecule has 3 nitrogen and oxygen atoms in total. The van der Waals surface area contributed by atoms with E-state index in [1.807, 2.05) is 18.0 Å². The number of hydrogen-bond acceptors (Lipinski definition) is 5. The maximum Gasteiger partial charge on any atom is 0.127 e. The van der Waals surface area contributed by atoms with Gasteiger partial charge >= 0.3 is 0 Å². The van der Waals surface area contributed by atoms with Gasteiger partial charge in [0, 0.05) is 18.5 Å². The van der Waals surface area contributed by atoms with Crippen LogP contribution in [0.25, 0.3) is 0 Å². The minimum atomic E-state index is 0.0734. The predicted molar refractivity (Wildman–Crippen MR) is 64.9 cm³/mol. The highest BCUT2D eigenvalue weighted by Gasteiger charge is 2.14. The summed E-state index contributed by atoms with van der Waals surface area (Å²) in [6.07, 6.45) is 4.80. The molecule has 2 rings (SSSR count). The van der Waals surface area contributed by atoms with Gasteiger partial charge in [0.05, 0.1) is 4.24 Å². The van der Waals surface area contributed by atoms with Crippen molar-refractivity contribution in [2.45, 2.75) is 18.3 Å². The molecule has 3 N–H and O–H groups in total. The van der Waals surface area contributed by atoms with Crippen molar-refractivity contribution < 1.29 is 0 Å². The first-order chi connectivity index (χ1) is 6.84. The Kier molecular flexibility index (Phi) is 4.04. The van der Waals surface area contributed by atoms with Gasteiger partial charge in [0.1, 0.15) is 5.50 Å². The molecule has 0 amide bonds. The van der Waals surface area contributed by atoms with Crippen molar-refractivity contribution in [3.8, 4) is 0 Å². The molecule has 2 heterocycles. The van der Waals surface area contributed by atoms with E-state index < -0.39 is 0 Å². The lowest BCUT2D eigenvalue weighted by Gasteiger charge is -2.13. The van der Waals surface area contributed by atoms with Gasteiger partial charge in [-0.25, -0.2) is 0 Å². The fourth-order valence-electron chi connectivity index (χ4n) is 1.70. The molecule has 2 aliphatic rings. The second kappa shape index (κ2) is 5.30. The van der Waals surface area contributed by atoms with E-state index >= 15 is 0 Å². The summed E-state index contributed by atoms with van der Waals surface area (Å²) < 4.78 is 1.33. The number of nitrogens with two attached hydrogens (primary N) is 1. The molecular formula is C9H17N3S2. The molecular weight excluding hydrogens is 214 g/mol. The number of hydrogen-bond donors (Lipinski definition) is 2. The predicted octanol–water partition coefficient (Wildman–Crippen LogP) is 1.19. The zero-order valence-electron chi connectivity index (χ0n) is 8.24. The molecule has 0 aromatic rings. The maximum absolute atomic E-state index is 5.70. The third kappa shape index (κ3) is 3.08. The summed E-state index contributed by atoms with van der Waals surface area (Å²) in [6.45, 7) is 3.81. The van der Waals surface area contributed by atoms with Gasteiger partial charge in [-0.05, 0) is 25.9 Å². The minimum absolute atomic E-state index is 0.0734. The van der Waals surface area contributed by atoms with Crippen LogP contribution in [0.15, 0.2) is 10.4 Å². The summed E-state index contributed by atoms with van der Waals surface area (Å²) >= 11 is 3.63. The van der Waals surface area contributed by atoms with Gasteiger partial charge in [-0.2, -0.15) is 0 Å². The lowest BCUT2D eigenvalue weighted by Crippen LogP contribution is -2.25. The van der Waals surface area contributed by atoms with E-state index in [1.54, 1.807) is 11.8 Å². The van der Waals surface area contributed by atoms with Crippen LogP contribution in [0.1, 0.15) is 12.8 Å². The van der Waals surface area contributed by atoms with Crippen molar-refractivity contribution >= 4 is 23.5 Å². The fraction of sp³-hybridized carbons (Fsp3) is 0.778. The third-order valence-electron chi connectivity index (χ3n) is 2.46. The van der Waals surface area contributed by atoms with Gasteiger partial charge < -0.3 is 16.0 Å². The highest BCUT2D eigenvalue weighted by atomic mass is 32.2. The lowest BCUT2D eigenvalue weighted by molar-refractivity contribution is 0.362. The van der Waals surface area contributed by atoms with Gasteiger partial charge in [0.2, 0.25) is 0 Å². The van der Waals surface area contributed by atoms with Crippen molar-refractivity contribution in [3.63, 3.8) is 0 Å². The van der Waals surface area contributed by atoms with E-state index in [4.69, 9.17) is 5.73 Å². The van der Waals surface area contributed by atoms with Crippen molar-refractivity contribution in [1.82, 2.24) is 10.2 Å². The molecule has 0 bridgehead atoms. The van der Waals surface area contributed by atoms with Crippen molar-refractivity contribution in [2.24, 2.45) is 5.73 Å². The van der Waals surface area contributed by atoms with Crippen LogP contribution in [0.4, 0.5) is 0 Å². The highest BCUT2D eigenvalue weighted by Crippen LogP contribution is 2.32. The van der Waals surface area contributed by atoms with E-state index in [-0.39, 0.29) is 5.50 Å². The van der Waals surface area contributed by atoms with Crippen molar-refractivity contribution in [1.29, 1.82) is 0 Å². The first-order valence-corrected chi connectivity index (χ1v) is 6.95. The molecule has 14 heavy (non-hydrogen) atoms. The summed E-state index contributed by atoms with van der Waals surface area (Å²) in [6, 6.07) is 0. The number of nitrogens with one attached hydrogen (secondary N) is 1. The Morgan fingerprint density at radius 2 is 2.36 bits per heavy atom. The first kappa shape index (κ1) is 10.7. The molecule has 1 unspecified atom stereocenters. The number of nitrogens with zero attached hydrogens (tertiary/aromatic N) is 1. The topological polar surface area (TPSA) is 41.3 Å². The summed E-state index contributed by atoms with van der Waals surface area (Å²) in [5, 5.41) is 3.09. The molecule has 0 saturated carbocycles. The molecule has 80 valence electrons. The largest absolute Gasteiger partial charge is 0.366 e. The minimum Gasteiger partial charge on any atom is -0.366 e. The molecule has 0 spiro atoms. The summed E-state index contributed by atoms with van der Waals surface area (Å²) in [4.78, 5) is 2.54. The second-order valence-electron chi connectivity index (χ2n) is 3.57. The normalized spacial score (nSPS) is 27.8. The van der Waals surface area contributed by atoms with E-state index in [9.17, 15) is 0 Å². The van der Waals surface area contributed by atoms with Crippen LogP contribution in [0.3, 0.4) is 0 Å². The van der Waals surface area contributed by atoms with E-state index in [2.05, 4.69) is 10.2 Å². The van der Waals surface area contributed by atoms with Crippen LogP contribution in [-0.2, 0) is 0 Å². The van der Waals surface area contributed by atoms with E-state index in [0.717, 1.165) is 0 Å². The molecule has 1 atom stereocenters. The van der Waals surface area contributed by atoms with E-state index in [0.29, 0.717) is 0 Å². The van der Waals surface area contributed by atoms with Crippen molar-refractivity contribution in [2.75, 3.05) is 25.4 Å². The Morgan fingerprint density at radius 3 is 3.00 bits per heavy atom. The molecule has 1 fully saturated rings. The Hall–Kier alpha value is 0.160. The average Bonchev–Trinajstić information content (AvgIpc) is 2.77. The molecule has 0 aliphatic carbocycles. The quantitative estimate of drug-likeness (QED) is 0.761. The molecule has 0 radical (unpaired) electrons. The molecule has 0 aromatic heterocycles. The molecule has 0 aromatic carbocycles. The van der Waals surface area contributed by atoms with Gasteiger partial charge in [-0.15, -0.1) is 11.8 Å². The zero-order valence-corrected chi connectivity index (χ0v) is 9.87. The van der Waals surface area contributed by atoms with Crippen LogP contribution in [0.2, 0.25) is 0 Å².